The second-order valence-electron chi connectivity index (χ2n) is 4.07. The molecule has 5 heteroatoms. The van der Waals surface area contributed by atoms with Gasteiger partial charge in [0.05, 0.1) is 6.10 Å². The molecular formula is C12H20BrN3O. The van der Waals surface area contributed by atoms with Crippen LogP contribution < -0.4 is 5.32 Å². The molecule has 1 aromatic heterocycles. The van der Waals surface area contributed by atoms with E-state index in [1.165, 1.54) is 0 Å². The molecule has 0 aliphatic heterocycles. The van der Waals surface area contributed by atoms with E-state index in [0.29, 0.717) is 6.54 Å². The number of aromatic nitrogens is 2. The number of nitrogens with zero attached hydrogens (tertiary/aromatic N) is 2. The first-order valence-electron chi connectivity index (χ1n) is 6.11. The van der Waals surface area contributed by atoms with Crippen molar-refractivity contribution in [3.05, 3.63) is 16.5 Å². The third-order valence-electron chi connectivity index (χ3n) is 2.36. The highest BCUT2D eigenvalue weighted by Crippen LogP contribution is 2.13. The van der Waals surface area contributed by atoms with Crippen molar-refractivity contribution in [2.24, 2.45) is 0 Å². The molecule has 1 unspecified atom stereocenters. The second-order valence-corrected chi connectivity index (χ2v) is 4.88. The van der Waals surface area contributed by atoms with E-state index in [0.717, 1.165) is 41.9 Å². The number of halogens is 1. The molecule has 0 spiro atoms. The van der Waals surface area contributed by atoms with Gasteiger partial charge in [-0.05, 0) is 28.8 Å². The minimum atomic E-state index is -0.316. The number of anilines is 1. The highest BCUT2D eigenvalue weighted by molar-refractivity contribution is 9.10. The Morgan fingerprint density at radius 2 is 2.12 bits per heavy atom. The average molecular weight is 302 g/mol. The first-order chi connectivity index (χ1) is 8.15. The van der Waals surface area contributed by atoms with Crippen LogP contribution in [-0.4, -0.2) is 27.7 Å². The Kier molecular flexibility index (Phi) is 6.44. The van der Waals surface area contributed by atoms with E-state index in [9.17, 15) is 5.11 Å². The van der Waals surface area contributed by atoms with Crippen molar-refractivity contribution in [3.8, 4) is 0 Å². The summed E-state index contributed by atoms with van der Waals surface area (Å²) in [4.78, 5) is 8.68. The molecular weight excluding hydrogens is 282 g/mol. The van der Waals surface area contributed by atoms with E-state index in [2.05, 4.69) is 45.1 Å². The van der Waals surface area contributed by atoms with E-state index in [1.807, 2.05) is 6.07 Å². The van der Waals surface area contributed by atoms with Crippen LogP contribution in [0.2, 0.25) is 0 Å². The van der Waals surface area contributed by atoms with Gasteiger partial charge < -0.3 is 10.4 Å². The van der Waals surface area contributed by atoms with Crippen LogP contribution in [0.15, 0.2) is 10.7 Å². The quantitative estimate of drug-likeness (QED) is 0.760. The van der Waals surface area contributed by atoms with Crippen molar-refractivity contribution in [1.29, 1.82) is 0 Å². The molecule has 1 aromatic rings. The minimum absolute atomic E-state index is 0.316. The van der Waals surface area contributed by atoms with E-state index in [-0.39, 0.29) is 6.10 Å². The number of aliphatic hydroxyl groups is 1. The first kappa shape index (κ1) is 14.4. The van der Waals surface area contributed by atoms with Gasteiger partial charge in [0.1, 0.15) is 16.2 Å². The fourth-order valence-corrected chi connectivity index (χ4v) is 1.97. The lowest BCUT2D eigenvalue weighted by atomic mass is 10.2. The van der Waals surface area contributed by atoms with E-state index >= 15 is 0 Å². The van der Waals surface area contributed by atoms with Crippen molar-refractivity contribution < 1.29 is 5.11 Å². The molecule has 0 fully saturated rings. The molecule has 96 valence electrons. The summed E-state index contributed by atoms with van der Waals surface area (Å²) in [6.45, 7) is 4.69. The normalized spacial score (nSPS) is 12.5. The van der Waals surface area contributed by atoms with E-state index in [1.54, 1.807) is 0 Å². The molecule has 0 amide bonds. The molecule has 2 N–H and O–H groups in total. The zero-order chi connectivity index (χ0) is 12.7. The fraction of sp³-hybridized carbons (Fsp3) is 0.667. The van der Waals surface area contributed by atoms with E-state index in [4.69, 9.17) is 0 Å². The number of hydrogen-bond acceptors (Lipinski definition) is 4. The number of aliphatic hydroxyl groups excluding tert-OH is 1. The molecule has 0 aromatic carbocycles. The van der Waals surface area contributed by atoms with Gasteiger partial charge in [-0.2, -0.15) is 0 Å². The Morgan fingerprint density at radius 1 is 1.35 bits per heavy atom. The maximum atomic E-state index is 9.63. The van der Waals surface area contributed by atoms with Gasteiger partial charge in [-0.15, -0.1) is 0 Å². The highest BCUT2D eigenvalue weighted by atomic mass is 79.9. The van der Waals surface area contributed by atoms with Gasteiger partial charge in [-0.1, -0.05) is 20.3 Å². The molecule has 0 radical (unpaired) electrons. The van der Waals surface area contributed by atoms with Crippen LogP contribution in [0.3, 0.4) is 0 Å². The molecule has 4 nitrogen and oxygen atoms in total. The standard InChI is InChI=1S/C12H20BrN3O/c1-3-5-9(17)8-14-12-7-10(13)15-11(16-12)6-4-2/h7,9,17H,3-6,8H2,1-2H3,(H,14,15,16). The van der Waals surface area contributed by atoms with Gasteiger partial charge in [-0.25, -0.2) is 9.97 Å². The van der Waals surface area contributed by atoms with Crippen molar-refractivity contribution in [3.63, 3.8) is 0 Å². The van der Waals surface area contributed by atoms with Crippen LogP contribution >= 0.6 is 15.9 Å². The lowest BCUT2D eigenvalue weighted by Gasteiger charge is -2.12. The number of hydrogen-bond donors (Lipinski definition) is 2. The van der Waals surface area contributed by atoms with Crippen LogP contribution in [0.1, 0.15) is 38.9 Å². The summed E-state index contributed by atoms with van der Waals surface area (Å²) in [6, 6.07) is 1.83. The summed E-state index contributed by atoms with van der Waals surface area (Å²) < 4.78 is 0.781. The molecule has 1 heterocycles. The SMILES string of the molecule is CCCc1nc(Br)cc(NCC(O)CCC)n1. The third-order valence-corrected chi connectivity index (χ3v) is 2.76. The van der Waals surface area contributed by atoms with Crippen molar-refractivity contribution in [2.45, 2.75) is 45.6 Å². The first-order valence-corrected chi connectivity index (χ1v) is 6.90. The van der Waals surface area contributed by atoms with Crippen LogP contribution in [0, 0.1) is 0 Å². The van der Waals surface area contributed by atoms with Crippen LogP contribution in [0.25, 0.3) is 0 Å². The average Bonchev–Trinajstić information content (AvgIpc) is 2.26. The zero-order valence-electron chi connectivity index (χ0n) is 10.4. The highest BCUT2D eigenvalue weighted by Gasteiger charge is 2.05. The zero-order valence-corrected chi connectivity index (χ0v) is 12.0. The van der Waals surface area contributed by atoms with Crippen molar-refractivity contribution >= 4 is 21.7 Å². The molecule has 1 atom stereocenters. The fourth-order valence-electron chi connectivity index (χ4n) is 1.55. The summed E-state index contributed by atoms with van der Waals surface area (Å²) in [6.07, 6.45) is 3.36. The molecule has 0 saturated carbocycles. The molecule has 17 heavy (non-hydrogen) atoms. The van der Waals surface area contributed by atoms with E-state index < -0.39 is 0 Å². The molecule has 0 aliphatic rings. The minimum Gasteiger partial charge on any atom is -0.391 e. The van der Waals surface area contributed by atoms with Gasteiger partial charge in [-0.3, -0.25) is 0 Å². The van der Waals surface area contributed by atoms with Crippen LogP contribution in [0.4, 0.5) is 5.82 Å². The third kappa shape index (κ3) is 5.46. The van der Waals surface area contributed by atoms with Gasteiger partial charge in [0.2, 0.25) is 0 Å². The summed E-state index contributed by atoms with van der Waals surface area (Å²) in [5, 5.41) is 12.8. The molecule has 0 aliphatic carbocycles. The largest absolute Gasteiger partial charge is 0.391 e. The Labute approximate surface area is 111 Å². The Morgan fingerprint density at radius 3 is 2.76 bits per heavy atom. The predicted octanol–water partition coefficient (Wildman–Crippen LogP) is 2.76. The lowest BCUT2D eigenvalue weighted by molar-refractivity contribution is 0.176. The maximum Gasteiger partial charge on any atom is 0.132 e. The van der Waals surface area contributed by atoms with Gasteiger partial charge >= 0.3 is 0 Å². The Hall–Kier alpha value is -0.680. The predicted molar refractivity (Wildman–Crippen MR) is 73.1 cm³/mol. The molecule has 1 rings (SSSR count). The molecule has 0 saturated heterocycles. The summed E-state index contributed by atoms with van der Waals surface area (Å²) >= 11 is 3.37. The topological polar surface area (TPSA) is 58.0 Å². The lowest BCUT2D eigenvalue weighted by Crippen LogP contribution is -2.19. The van der Waals surface area contributed by atoms with Gasteiger partial charge in [0.15, 0.2) is 0 Å². The maximum absolute atomic E-state index is 9.63. The monoisotopic (exact) mass is 301 g/mol. The second kappa shape index (κ2) is 7.61. The summed E-state index contributed by atoms with van der Waals surface area (Å²) in [5.74, 6) is 1.60. The van der Waals surface area contributed by atoms with Crippen molar-refractivity contribution in [2.75, 3.05) is 11.9 Å². The van der Waals surface area contributed by atoms with Gasteiger partial charge in [0.25, 0.3) is 0 Å². The van der Waals surface area contributed by atoms with Crippen LogP contribution in [0.5, 0.6) is 0 Å². The number of rotatable bonds is 7. The summed E-state index contributed by atoms with van der Waals surface area (Å²) in [5.41, 5.74) is 0. The van der Waals surface area contributed by atoms with Gasteiger partial charge in [0, 0.05) is 19.0 Å². The van der Waals surface area contributed by atoms with Crippen molar-refractivity contribution in [1.82, 2.24) is 9.97 Å². The Bertz CT molecular complexity index is 347. The Balaban J connectivity index is 2.57. The van der Waals surface area contributed by atoms with Crippen LogP contribution in [-0.2, 0) is 6.42 Å². The number of aryl methyl sites for hydroxylation is 1. The molecule has 0 bridgehead atoms. The number of nitrogens with one attached hydrogen (secondary N) is 1. The summed E-state index contributed by atoms with van der Waals surface area (Å²) in [7, 11) is 0. The smallest absolute Gasteiger partial charge is 0.132 e.